The van der Waals surface area contributed by atoms with E-state index in [1.165, 1.54) is 30.3 Å². The van der Waals surface area contributed by atoms with Gasteiger partial charge in [0.1, 0.15) is 17.3 Å². The van der Waals surface area contributed by atoms with Gasteiger partial charge in [-0.3, -0.25) is 9.59 Å². The van der Waals surface area contributed by atoms with Gasteiger partial charge < -0.3 is 15.2 Å². The van der Waals surface area contributed by atoms with E-state index in [2.05, 4.69) is 10.6 Å². The minimum Gasteiger partial charge on any atom is -0.347 e. The first-order valence-corrected chi connectivity index (χ1v) is 11.7. The molecule has 1 aromatic heterocycles. The normalized spacial score (nSPS) is 10.9. The topological polar surface area (TPSA) is 63.1 Å². The molecule has 0 bridgehead atoms. The van der Waals surface area contributed by atoms with Crippen molar-refractivity contribution in [3.05, 3.63) is 137 Å². The lowest BCUT2D eigenvalue weighted by atomic mass is 10.1. The van der Waals surface area contributed by atoms with Crippen LogP contribution in [-0.4, -0.2) is 16.4 Å². The minimum absolute atomic E-state index is 0.0627. The van der Waals surface area contributed by atoms with Crippen LogP contribution in [0, 0.1) is 11.6 Å². The number of benzene rings is 4. The number of carbonyl (C=O) groups excluding carboxylic acids is 2. The number of rotatable bonds is 7. The highest BCUT2D eigenvalue weighted by Gasteiger charge is 2.18. The first-order valence-electron chi connectivity index (χ1n) is 11.7. The van der Waals surface area contributed by atoms with E-state index < -0.39 is 11.7 Å². The molecule has 5 rings (SSSR count). The van der Waals surface area contributed by atoms with E-state index in [4.69, 9.17) is 0 Å². The fourth-order valence-corrected chi connectivity index (χ4v) is 4.24. The minimum atomic E-state index is -0.611. The van der Waals surface area contributed by atoms with E-state index in [-0.39, 0.29) is 23.8 Å². The van der Waals surface area contributed by atoms with E-state index in [9.17, 15) is 18.4 Å². The predicted octanol–water partition coefficient (Wildman–Crippen LogP) is 6.15. The van der Waals surface area contributed by atoms with Gasteiger partial charge in [0.15, 0.2) is 0 Å². The van der Waals surface area contributed by atoms with Gasteiger partial charge in [-0.1, -0.05) is 54.6 Å². The van der Waals surface area contributed by atoms with Crippen LogP contribution in [0.25, 0.3) is 10.9 Å². The zero-order chi connectivity index (χ0) is 25.8. The van der Waals surface area contributed by atoms with Crippen LogP contribution in [0.4, 0.5) is 14.5 Å². The number of amides is 2. The van der Waals surface area contributed by atoms with Crippen molar-refractivity contribution in [2.24, 2.45) is 0 Å². The Balaban J connectivity index is 1.47. The highest BCUT2D eigenvalue weighted by molar-refractivity contribution is 6.06. The van der Waals surface area contributed by atoms with E-state index >= 15 is 0 Å². The zero-order valence-electron chi connectivity index (χ0n) is 19.7. The summed E-state index contributed by atoms with van der Waals surface area (Å²) in [7, 11) is 0. The van der Waals surface area contributed by atoms with Gasteiger partial charge in [-0.2, -0.15) is 0 Å². The molecule has 0 unspecified atom stereocenters. The zero-order valence-corrected chi connectivity index (χ0v) is 19.7. The Morgan fingerprint density at radius 3 is 2.27 bits per heavy atom. The third kappa shape index (κ3) is 5.41. The Labute approximate surface area is 212 Å². The molecule has 7 heteroatoms. The summed E-state index contributed by atoms with van der Waals surface area (Å²) in [6.45, 7) is 0.626. The molecule has 2 amide bonds. The first kappa shape index (κ1) is 23.9. The number of halogens is 2. The number of aromatic nitrogens is 1. The highest BCUT2D eigenvalue weighted by Crippen LogP contribution is 2.26. The van der Waals surface area contributed by atoms with Crippen molar-refractivity contribution in [1.82, 2.24) is 9.88 Å². The monoisotopic (exact) mass is 495 g/mol. The molecule has 5 nitrogen and oxygen atoms in total. The van der Waals surface area contributed by atoms with Crippen LogP contribution in [0.2, 0.25) is 0 Å². The molecule has 37 heavy (non-hydrogen) atoms. The summed E-state index contributed by atoms with van der Waals surface area (Å²) in [5, 5.41) is 6.36. The molecular weight excluding hydrogens is 472 g/mol. The molecule has 0 aliphatic heterocycles. The van der Waals surface area contributed by atoms with Crippen LogP contribution < -0.4 is 10.6 Å². The fourth-order valence-electron chi connectivity index (χ4n) is 4.24. The lowest BCUT2D eigenvalue weighted by molar-refractivity contribution is 0.0941. The van der Waals surface area contributed by atoms with Gasteiger partial charge in [-0.15, -0.1) is 0 Å². The Morgan fingerprint density at radius 1 is 0.730 bits per heavy atom. The summed E-state index contributed by atoms with van der Waals surface area (Å²) in [6.07, 6.45) is 0. The van der Waals surface area contributed by atoms with Gasteiger partial charge in [-0.25, -0.2) is 8.78 Å². The fraction of sp³-hybridized carbons (Fsp3) is 0.0667. The third-order valence-electron chi connectivity index (χ3n) is 6.04. The Kier molecular flexibility index (Phi) is 6.76. The molecule has 1 heterocycles. The van der Waals surface area contributed by atoms with Crippen LogP contribution in [0.3, 0.4) is 0 Å². The van der Waals surface area contributed by atoms with Crippen LogP contribution >= 0.6 is 0 Å². The first-order chi connectivity index (χ1) is 18.0. The Bertz CT molecular complexity index is 1600. The third-order valence-corrected chi connectivity index (χ3v) is 6.04. The van der Waals surface area contributed by atoms with Crippen molar-refractivity contribution in [1.29, 1.82) is 0 Å². The second kappa shape index (κ2) is 10.5. The van der Waals surface area contributed by atoms with Crippen LogP contribution in [0.15, 0.2) is 103 Å². The van der Waals surface area contributed by atoms with E-state index in [0.717, 1.165) is 11.1 Å². The molecule has 0 saturated heterocycles. The van der Waals surface area contributed by atoms with E-state index in [0.29, 0.717) is 28.9 Å². The maximum absolute atomic E-state index is 14.0. The second-order valence-corrected chi connectivity index (χ2v) is 8.62. The average molecular weight is 496 g/mol. The van der Waals surface area contributed by atoms with Crippen molar-refractivity contribution in [3.63, 3.8) is 0 Å². The smallest absolute Gasteiger partial charge is 0.268 e. The average Bonchev–Trinajstić information content (AvgIpc) is 3.25. The number of anilines is 1. The van der Waals surface area contributed by atoms with Crippen molar-refractivity contribution >= 4 is 28.4 Å². The second-order valence-electron chi connectivity index (χ2n) is 8.62. The van der Waals surface area contributed by atoms with E-state index in [1.54, 1.807) is 42.5 Å². The largest absolute Gasteiger partial charge is 0.347 e. The molecule has 4 aromatic carbocycles. The van der Waals surface area contributed by atoms with Gasteiger partial charge in [0.25, 0.3) is 11.8 Å². The highest BCUT2D eigenvalue weighted by atomic mass is 19.1. The molecule has 184 valence electrons. The summed E-state index contributed by atoms with van der Waals surface area (Å²) in [6, 6.07) is 28.5. The quantitative estimate of drug-likeness (QED) is 0.285. The van der Waals surface area contributed by atoms with Crippen molar-refractivity contribution in [3.8, 4) is 0 Å². The number of fused-ring (bicyclic) bond motifs is 1. The summed E-state index contributed by atoms with van der Waals surface area (Å²) < 4.78 is 29.7. The molecule has 0 aliphatic rings. The molecule has 0 spiro atoms. The van der Waals surface area contributed by atoms with Gasteiger partial charge in [0.05, 0.1) is 5.56 Å². The molecule has 0 radical (unpaired) electrons. The van der Waals surface area contributed by atoms with Crippen LogP contribution in [-0.2, 0) is 13.1 Å². The number of hydrogen-bond donors (Lipinski definition) is 2. The molecule has 2 N–H and O–H groups in total. The Hall–Kier alpha value is -4.78. The lowest BCUT2D eigenvalue weighted by Crippen LogP contribution is -2.25. The molecule has 0 saturated carbocycles. The van der Waals surface area contributed by atoms with Crippen molar-refractivity contribution in [2.75, 3.05) is 5.32 Å². The van der Waals surface area contributed by atoms with E-state index in [1.807, 2.05) is 34.9 Å². The maximum atomic E-state index is 14.0. The van der Waals surface area contributed by atoms with Crippen LogP contribution in [0.1, 0.15) is 32.0 Å². The number of hydrogen-bond acceptors (Lipinski definition) is 2. The van der Waals surface area contributed by atoms with Gasteiger partial charge in [0.2, 0.25) is 0 Å². The van der Waals surface area contributed by atoms with Crippen molar-refractivity contribution in [2.45, 2.75) is 13.1 Å². The summed E-state index contributed by atoms with van der Waals surface area (Å²) in [5.74, 6) is -1.83. The van der Waals surface area contributed by atoms with Gasteiger partial charge >= 0.3 is 0 Å². The molecule has 0 atom stereocenters. The van der Waals surface area contributed by atoms with Gasteiger partial charge in [0, 0.05) is 29.7 Å². The number of carbonyl (C=O) groups is 2. The van der Waals surface area contributed by atoms with Crippen molar-refractivity contribution < 1.29 is 18.4 Å². The molecular formula is C30H23F2N3O2. The summed E-state index contributed by atoms with van der Waals surface area (Å²) >= 11 is 0. The van der Waals surface area contributed by atoms with Gasteiger partial charge in [-0.05, 0) is 59.7 Å². The molecule has 0 aliphatic carbocycles. The number of nitrogens with zero attached hydrogens (tertiary/aromatic N) is 1. The Morgan fingerprint density at radius 2 is 1.49 bits per heavy atom. The lowest BCUT2D eigenvalue weighted by Gasteiger charge is -2.12. The predicted molar refractivity (Wildman–Crippen MR) is 139 cm³/mol. The summed E-state index contributed by atoms with van der Waals surface area (Å²) in [5.41, 5.74) is 3.19. The number of nitrogens with one attached hydrogen (secondary N) is 2. The van der Waals surface area contributed by atoms with Crippen LogP contribution in [0.5, 0.6) is 0 Å². The maximum Gasteiger partial charge on any atom is 0.268 e. The molecule has 0 fully saturated rings. The standard InChI is InChI=1S/C30H23F2N3O2/c31-23-10-6-9-21(15-23)19-35-27-14-13-24(34-29(36)25-11-4-5-12-26(25)32)16-22(27)17-28(35)30(37)33-18-20-7-2-1-3-8-20/h1-17H,18-19H2,(H,33,37)(H,34,36). The molecule has 5 aromatic rings. The summed E-state index contributed by atoms with van der Waals surface area (Å²) in [4.78, 5) is 25.8. The SMILES string of the molecule is O=C(Nc1ccc2c(c1)cc(C(=O)NCc1ccccc1)n2Cc1cccc(F)c1)c1ccccc1F.